The van der Waals surface area contributed by atoms with Gasteiger partial charge in [0.2, 0.25) is 10.0 Å². The number of nitrogens with two attached hydrogens (primary N) is 1. The van der Waals surface area contributed by atoms with Crippen LogP contribution >= 0.6 is 0 Å². The highest BCUT2D eigenvalue weighted by atomic mass is 32.2. The van der Waals surface area contributed by atoms with Gasteiger partial charge in [0.1, 0.15) is 16.8 Å². The van der Waals surface area contributed by atoms with Crippen molar-refractivity contribution in [2.24, 2.45) is 5.14 Å². The molecular formula is C11H12FNO4S. The van der Waals surface area contributed by atoms with Gasteiger partial charge in [0.15, 0.2) is 0 Å². The fraction of sp³-hybridized carbons (Fsp3) is 0.364. The number of benzene rings is 1. The van der Waals surface area contributed by atoms with E-state index in [-0.39, 0.29) is 11.7 Å². The summed E-state index contributed by atoms with van der Waals surface area (Å²) in [7, 11) is -4.19. The third kappa shape index (κ3) is 2.68. The zero-order valence-corrected chi connectivity index (χ0v) is 10.2. The summed E-state index contributed by atoms with van der Waals surface area (Å²) in [6.07, 6.45) is 2.48. The van der Waals surface area contributed by atoms with E-state index in [2.05, 4.69) is 0 Å². The van der Waals surface area contributed by atoms with Crippen molar-refractivity contribution in [3.63, 3.8) is 0 Å². The van der Waals surface area contributed by atoms with Crippen molar-refractivity contribution < 1.29 is 22.3 Å². The zero-order chi connectivity index (χ0) is 13.3. The lowest BCUT2D eigenvalue weighted by atomic mass is 9.96. The van der Waals surface area contributed by atoms with Crippen LogP contribution in [0.25, 0.3) is 0 Å². The van der Waals surface area contributed by atoms with Crippen molar-refractivity contribution in [1.82, 2.24) is 0 Å². The summed E-state index contributed by atoms with van der Waals surface area (Å²) in [6, 6.07) is 2.95. The molecule has 98 valence electrons. The monoisotopic (exact) mass is 273 g/mol. The molecule has 18 heavy (non-hydrogen) atoms. The fourth-order valence-corrected chi connectivity index (χ4v) is 2.19. The lowest BCUT2D eigenvalue weighted by Crippen LogP contribution is -2.25. The number of hydrogen-bond donors (Lipinski definition) is 1. The third-order valence-electron chi connectivity index (χ3n) is 2.80. The highest BCUT2D eigenvalue weighted by molar-refractivity contribution is 7.89. The molecule has 1 aliphatic rings. The molecule has 0 heterocycles. The molecule has 1 saturated carbocycles. The topological polar surface area (TPSA) is 86.5 Å². The second-order valence-electron chi connectivity index (χ2n) is 4.15. The van der Waals surface area contributed by atoms with Crippen molar-refractivity contribution in [3.8, 4) is 0 Å². The Bertz CT molecular complexity index is 581. The molecule has 1 aliphatic carbocycles. The predicted molar refractivity (Wildman–Crippen MR) is 60.8 cm³/mol. The Balaban J connectivity index is 2.26. The molecule has 1 fully saturated rings. The molecule has 0 spiro atoms. The standard InChI is InChI=1S/C11H12FNO4S/c12-9-5-4-7(6-10(9)18(13,15)16)11(14)17-8-2-1-3-8/h4-6,8H,1-3H2,(H2,13,15,16). The van der Waals surface area contributed by atoms with Crippen LogP contribution in [0.1, 0.15) is 29.6 Å². The van der Waals surface area contributed by atoms with Gasteiger partial charge in [-0.2, -0.15) is 0 Å². The number of rotatable bonds is 3. The maximum atomic E-state index is 13.3. The first-order chi connectivity index (χ1) is 8.38. The maximum absolute atomic E-state index is 13.3. The maximum Gasteiger partial charge on any atom is 0.338 e. The van der Waals surface area contributed by atoms with E-state index in [0.29, 0.717) is 0 Å². The third-order valence-corrected chi connectivity index (χ3v) is 3.73. The van der Waals surface area contributed by atoms with E-state index in [1.165, 1.54) is 6.07 Å². The highest BCUT2D eigenvalue weighted by Gasteiger charge is 2.24. The number of primary sulfonamides is 1. The van der Waals surface area contributed by atoms with Crippen LogP contribution in [0.3, 0.4) is 0 Å². The van der Waals surface area contributed by atoms with Crippen LogP contribution in [0, 0.1) is 5.82 Å². The molecule has 0 amide bonds. The number of halogens is 1. The minimum atomic E-state index is -4.19. The van der Waals surface area contributed by atoms with E-state index >= 15 is 0 Å². The second kappa shape index (κ2) is 4.66. The van der Waals surface area contributed by atoms with Crippen molar-refractivity contribution in [2.45, 2.75) is 30.3 Å². The van der Waals surface area contributed by atoms with E-state index < -0.39 is 26.7 Å². The number of hydrogen-bond acceptors (Lipinski definition) is 4. The van der Waals surface area contributed by atoms with Crippen molar-refractivity contribution in [3.05, 3.63) is 29.6 Å². The Morgan fingerprint density at radius 1 is 1.39 bits per heavy atom. The first-order valence-corrected chi connectivity index (χ1v) is 6.96. The van der Waals surface area contributed by atoms with E-state index in [9.17, 15) is 17.6 Å². The van der Waals surface area contributed by atoms with E-state index in [1.807, 2.05) is 0 Å². The molecule has 1 aromatic carbocycles. The van der Waals surface area contributed by atoms with E-state index in [0.717, 1.165) is 31.4 Å². The summed E-state index contributed by atoms with van der Waals surface area (Å²) >= 11 is 0. The number of sulfonamides is 1. The van der Waals surface area contributed by atoms with Crippen LogP contribution in [0.4, 0.5) is 4.39 Å². The molecule has 0 aromatic heterocycles. The zero-order valence-electron chi connectivity index (χ0n) is 9.43. The molecule has 0 unspecified atom stereocenters. The van der Waals surface area contributed by atoms with Crippen LogP contribution in [0.15, 0.2) is 23.1 Å². The molecule has 0 radical (unpaired) electrons. The Morgan fingerprint density at radius 3 is 2.56 bits per heavy atom. The Morgan fingerprint density at radius 2 is 2.06 bits per heavy atom. The van der Waals surface area contributed by atoms with Gasteiger partial charge in [-0.1, -0.05) is 0 Å². The number of esters is 1. The summed E-state index contributed by atoms with van der Waals surface area (Å²) < 4.78 is 40.5. The summed E-state index contributed by atoms with van der Waals surface area (Å²) in [4.78, 5) is 11.0. The quantitative estimate of drug-likeness (QED) is 0.838. The second-order valence-corrected chi connectivity index (χ2v) is 5.68. The van der Waals surface area contributed by atoms with Gasteiger partial charge in [-0.3, -0.25) is 0 Å². The molecule has 1 aromatic rings. The van der Waals surface area contributed by atoms with Gasteiger partial charge >= 0.3 is 5.97 Å². The van der Waals surface area contributed by atoms with Crippen LogP contribution in [-0.4, -0.2) is 20.5 Å². The SMILES string of the molecule is NS(=O)(=O)c1cc(C(=O)OC2CCC2)ccc1F. The van der Waals surface area contributed by atoms with Gasteiger partial charge in [-0.05, 0) is 37.5 Å². The molecule has 5 nitrogen and oxygen atoms in total. The van der Waals surface area contributed by atoms with E-state index in [4.69, 9.17) is 9.88 Å². The van der Waals surface area contributed by atoms with Crippen molar-refractivity contribution in [1.29, 1.82) is 0 Å². The first kappa shape index (κ1) is 13.0. The highest BCUT2D eigenvalue weighted by Crippen LogP contribution is 2.24. The summed E-state index contributed by atoms with van der Waals surface area (Å²) in [5.41, 5.74) is -0.0210. The van der Waals surface area contributed by atoms with Gasteiger partial charge in [0.05, 0.1) is 5.56 Å². The number of carbonyl (C=O) groups is 1. The molecular weight excluding hydrogens is 261 g/mol. The van der Waals surface area contributed by atoms with Gasteiger partial charge in [-0.25, -0.2) is 22.7 Å². The Hall–Kier alpha value is -1.47. The average Bonchev–Trinajstić information content (AvgIpc) is 2.22. The molecule has 0 bridgehead atoms. The smallest absolute Gasteiger partial charge is 0.338 e. The van der Waals surface area contributed by atoms with Gasteiger partial charge in [0.25, 0.3) is 0 Å². The molecule has 7 heteroatoms. The number of carbonyl (C=O) groups excluding carboxylic acids is 1. The largest absolute Gasteiger partial charge is 0.459 e. The minimum absolute atomic E-state index is 0.0210. The predicted octanol–water partition coefficient (Wildman–Crippen LogP) is 1.18. The molecule has 0 saturated heterocycles. The minimum Gasteiger partial charge on any atom is -0.459 e. The van der Waals surface area contributed by atoms with E-state index in [1.54, 1.807) is 0 Å². The Kier molecular flexibility index (Phi) is 3.36. The van der Waals surface area contributed by atoms with Gasteiger partial charge in [0, 0.05) is 0 Å². The molecule has 0 aliphatic heterocycles. The van der Waals surface area contributed by atoms with Crippen LogP contribution in [-0.2, 0) is 14.8 Å². The normalized spacial score (nSPS) is 16.1. The van der Waals surface area contributed by atoms with Crippen LogP contribution < -0.4 is 5.14 Å². The number of ether oxygens (including phenoxy) is 1. The first-order valence-electron chi connectivity index (χ1n) is 5.41. The Labute approximate surface area is 104 Å². The summed E-state index contributed by atoms with van der Waals surface area (Å²) in [6.45, 7) is 0. The van der Waals surface area contributed by atoms with Gasteiger partial charge < -0.3 is 4.74 Å². The van der Waals surface area contributed by atoms with Crippen LogP contribution in [0.5, 0.6) is 0 Å². The summed E-state index contributed by atoms with van der Waals surface area (Å²) in [5.74, 6) is -1.65. The van der Waals surface area contributed by atoms with Gasteiger partial charge in [-0.15, -0.1) is 0 Å². The molecule has 2 rings (SSSR count). The lowest BCUT2D eigenvalue weighted by molar-refractivity contribution is 0.00897. The summed E-state index contributed by atoms with van der Waals surface area (Å²) in [5, 5.41) is 4.85. The lowest BCUT2D eigenvalue weighted by Gasteiger charge is -2.25. The van der Waals surface area contributed by atoms with Crippen molar-refractivity contribution >= 4 is 16.0 Å². The fourth-order valence-electron chi connectivity index (χ4n) is 1.56. The molecule has 2 N–H and O–H groups in total. The van der Waals surface area contributed by atoms with Crippen LogP contribution in [0.2, 0.25) is 0 Å². The molecule has 0 atom stereocenters. The van der Waals surface area contributed by atoms with Crippen molar-refractivity contribution in [2.75, 3.05) is 0 Å². The average molecular weight is 273 g/mol.